The van der Waals surface area contributed by atoms with E-state index in [2.05, 4.69) is 25.1 Å². The van der Waals surface area contributed by atoms with Gasteiger partial charge in [0, 0.05) is 0 Å². The van der Waals surface area contributed by atoms with Gasteiger partial charge in [0.25, 0.3) is 0 Å². The van der Waals surface area contributed by atoms with Crippen molar-refractivity contribution >= 4 is 0 Å². The predicted molar refractivity (Wildman–Crippen MR) is 89.6 cm³/mol. The van der Waals surface area contributed by atoms with Gasteiger partial charge in [-0.3, -0.25) is 0 Å². The summed E-state index contributed by atoms with van der Waals surface area (Å²) in [6.07, 6.45) is 12.3. The lowest BCUT2D eigenvalue weighted by molar-refractivity contribution is 0.309. The maximum Gasteiger partial charge on any atom is 0.119 e. The number of unbranched alkanes of at least 4 members (excludes halogenated alkanes) is 1. The van der Waals surface area contributed by atoms with Crippen molar-refractivity contribution in [2.45, 2.75) is 64.3 Å². The lowest BCUT2D eigenvalue weighted by Gasteiger charge is -2.19. The van der Waals surface area contributed by atoms with Gasteiger partial charge in [-0.2, -0.15) is 0 Å². The van der Waals surface area contributed by atoms with E-state index in [0.717, 1.165) is 31.6 Å². The van der Waals surface area contributed by atoms with Crippen LogP contribution in [0.5, 0.6) is 5.75 Å². The normalized spacial score (nSPS) is 20.0. The third kappa shape index (κ3) is 5.20. The minimum atomic E-state index is 0.0489. The molecule has 0 saturated heterocycles. The Labute approximate surface area is 129 Å². The van der Waals surface area contributed by atoms with Crippen LogP contribution in [0.3, 0.4) is 0 Å². The summed E-state index contributed by atoms with van der Waals surface area (Å²) in [5.74, 6) is 0.950. The summed E-state index contributed by atoms with van der Waals surface area (Å²) in [5.41, 5.74) is 9.06. The first kappa shape index (κ1) is 16.1. The number of rotatable bonds is 6. The molecule has 0 bridgehead atoms. The van der Waals surface area contributed by atoms with E-state index in [0.29, 0.717) is 0 Å². The van der Waals surface area contributed by atoms with E-state index in [4.69, 9.17) is 10.5 Å². The average Bonchev–Trinajstić information content (AvgIpc) is 2.47. The molecule has 1 aliphatic carbocycles. The third-order valence-electron chi connectivity index (χ3n) is 4.23. The molecule has 0 saturated carbocycles. The summed E-state index contributed by atoms with van der Waals surface area (Å²) in [6.45, 7) is 2.97. The first-order valence-corrected chi connectivity index (χ1v) is 8.48. The van der Waals surface area contributed by atoms with E-state index in [-0.39, 0.29) is 6.04 Å². The highest BCUT2D eigenvalue weighted by Gasteiger charge is 2.13. The van der Waals surface area contributed by atoms with Crippen LogP contribution in [0.25, 0.3) is 0 Å². The molecule has 0 spiro atoms. The first-order chi connectivity index (χ1) is 10.3. The molecule has 1 aliphatic rings. The second-order valence-corrected chi connectivity index (χ2v) is 5.98. The Morgan fingerprint density at radius 2 is 1.86 bits per heavy atom. The molecule has 1 atom stereocenters. The maximum absolute atomic E-state index is 6.45. The molecule has 116 valence electrons. The molecule has 2 nitrogen and oxygen atoms in total. The summed E-state index contributed by atoms with van der Waals surface area (Å²) < 4.78 is 5.71. The second-order valence-electron chi connectivity index (χ2n) is 5.98. The van der Waals surface area contributed by atoms with E-state index < -0.39 is 0 Å². The van der Waals surface area contributed by atoms with Crippen LogP contribution < -0.4 is 10.5 Å². The maximum atomic E-state index is 6.45. The standard InChI is InChI=1S/C19H29NO/c1-2-3-15-21-18-13-11-17(12-14-18)19(20)16-9-7-5-4-6-8-10-16/h9,11-14,19H,2-8,10,15,20H2,1H3/b16-9+. The van der Waals surface area contributed by atoms with Crippen LogP contribution in [-0.4, -0.2) is 6.61 Å². The number of hydrogen-bond donors (Lipinski definition) is 1. The smallest absolute Gasteiger partial charge is 0.119 e. The third-order valence-corrected chi connectivity index (χ3v) is 4.23. The molecule has 21 heavy (non-hydrogen) atoms. The Bertz CT molecular complexity index is 435. The van der Waals surface area contributed by atoms with Gasteiger partial charge < -0.3 is 10.5 Å². The summed E-state index contributed by atoms with van der Waals surface area (Å²) in [5, 5.41) is 0. The van der Waals surface area contributed by atoms with Crippen molar-refractivity contribution in [3.05, 3.63) is 41.5 Å². The highest BCUT2D eigenvalue weighted by molar-refractivity contribution is 5.33. The van der Waals surface area contributed by atoms with Gasteiger partial charge in [-0.15, -0.1) is 0 Å². The molecule has 0 aromatic heterocycles. The van der Waals surface area contributed by atoms with Crippen molar-refractivity contribution in [3.8, 4) is 5.75 Å². The zero-order chi connectivity index (χ0) is 14.9. The Morgan fingerprint density at radius 3 is 2.62 bits per heavy atom. The molecule has 2 heteroatoms. The molecule has 1 aromatic rings. The van der Waals surface area contributed by atoms with Crippen LogP contribution in [-0.2, 0) is 0 Å². The molecule has 2 rings (SSSR count). The molecular weight excluding hydrogens is 258 g/mol. The van der Waals surface area contributed by atoms with E-state index in [9.17, 15) is 0 Å². The number of hydrogen-bond acceptors (Lipinski definition) is 2. The molecule has 0 fully saturated rings. The monoisotopic (exact) mass is 287 g/mol. The lowest BCUT2D eigenvalue weighted by Crippen LogP contribution is -2.14. The van der Waals surface area contributed by atoms with E-state index in [1.54, 1.807) is 0 Å². The van der Waals surface area contributed by atoms with Crippen molar-refractivity contribution in [3.63, 3.8) is 0 Å². The minimum absolute atomic E-state index is 0.0489. The molecule has 0 heterocycles. The summed E-state index contributed by atoms with van der Waals surface area (Å²) in [7, 11) is 0. The Hall–Kier alpha value is -1.28. The van der Waals surface area contributed by atoms with Gasteiger partial charge in [0.2, 0.25) is 0 Å². The van der Waals surface area contributed by atoms with Gasteiger partial charge in [0.1, 0.15) is 5.75 Å². The number of benzene rings is 1. The van der Waals surface area contributed by atoms with Crippen LogP contribution in [0, 0.1) is 0 Å². The minimum Gasteiger partial charge on any atom is -0.494 e. The van der Waals surface area contributed by atoms with Crippen LogP contribution >= 0.6 is 0 Å². The quantitative estimate of drug-likeness (QED) is 0.580. The fourth-order valence-corrected chi connectivity index (χ4v) is 2.82. The number of ether oxygens (including phenoxy) is 1. The van der Waals surface area contributed by atoms with Crippen LogP contribution in [0.1, 0.15) is 69.9 Å². The topological polar surface area (TPSA) is 35.2 Å². The summed E-state index contributed by atoms with van der Waals surface area (Å²) in [6, 6.07) is 8.38. The fraction of sp³-hybridized carbons (Fsp3) is 0.579. The Kier molecular flexibility index (Phi) is 6.81. The van der Waals surface area contributed by atoms with Gasteiger partial charge >= 0.3 is 0 Å². The highest BCUT2D eigenvalue weighted by Crippen LogP contribution is 2.28. The summed E-state index contributed by atoms with van der Waals surface area (Å²) in [4.78, 5) is 0. The molecule has 0 aliphatic heterocycles. The zero-order valence-corrected chi connectivity index (χ0v) is 13.3. The Balaban J connectivity index is 1.96. The van der Waals surface area contributed by atoms with Gasteiger partial charge in [-0.25, -0.2) is 0 Å². The highest BCUT2D eigenvalue weighted by atomic mass is 16.5. The van der Waals surface area contributed by atoms with E-state index >= 15 is 0 Å². The first-order valence-electron chi connectivity index (χ1n) is 8.48. The molecule has 2 N–H and O–H groups in total. The molecule has 1 aromatic carbocycles. The molecular formula is C19H29NO. The number of nitrogens with two attached hydrogens (primary N) is 1. The average molecular weight is 287 g/mol. The molecule has 0 amide bonds. The van der Waals surface area contributed by atoms with E-state index in [1.807, 2.05) is 12.1 Å². The molecule has 0 radical (unpaired) electrons. The number of allylic oxidation sites excluding steroid dienone is 1. The zero-order valence-electron chi connectivity index (χ0n) is 13.3. The predicted octanol–water partition coefficient (Wildman–Crippen LogP) is 5.15. The lowest BCUT2D eigenvalue weighted by atomic mass is 9.91. The van der Waals surface area contributed by atoms with Crippen LogP contribution in [0.2, 0.25) is 0 Å². The molecule has 1 unspecified atom stereocenters. The van der Waals surface area contributed by atoms with Crippen molar-refractivity contribution in [1.29, 1.82) is 0 Å². The summed E-state index contributed by atoms with van der Waals surface area (Å²) >= 11 is 0. The SMILES string of the molecule is CCCCOc1ccc(C(N)/C2=C/CCCCCC2)cc1. The van der Waals surface area contributed by atoms with Gasteiger partial charge in [0.15, 0.2) is 0 Å². The largest absolute Gasteiger partial charge is 0.494 e. The Morgan fingerprint density at radius 1 is 1.10 bits per heavy atom. The van der Waals surface area contributed by atoms with Crippen LogP contribution in [0.4, 0.5) is 0 Å². The van der Waals surface area contributed by atoms with Gasteiger partial charge in [0.05, 0.1) is 12.6 Å². The fourth-order valence-electron chi connectivity index (χ4n) is 2.82. The van der Waals surface area contributed by atoms with Gasteiger partial charge in [-0.05, 0) is 49.8 Å². The van der Waals surface area contributed by atoms with Crippen molar-refractivity contribution < 1.29 is 4.74 Å². The van der Waals surface area contributed by atoms with Crippen molar-refractivity contribution in [1.82, 2.24) is 0 Å². The van der Waals surface area contributed by atoms with Crippen molar-refractivity contribution in [2.75, 3.05) is 6.61 Å². The van der Waals surface area contributed by atoms with E-state index in [1.165, 1.54) is 43.2 Å². The van der Waals surface area contributed by atoms with Crippen LogP contribution in [0.15, 0.2) is 35.9 Å². The van der Waals surface area contributed by atoms with Crippen molar-refractivity contribution in [2.24, 2.45) is 5.73 Å². The second kappa shape index (κ2) is 8.89. The van der Waals surface area contributed by atoms with Gasteiger partial charge in [-0.1, -0.05) is 50.0 Å².